The Bertz CT molecular complexity index is 1300. The number of benzene rings is 1. The number of aliphatic hydroxyl groups excluding tert-OH is 1. The van der Waals surface area contributed by atoms with Crippen LogP contribution in [0.1, 0.15) is 26.7 Å². The summed E-state index contributed by atoms with van der Waals surface area (Å²) in [5.74, 6) is -2.27. The van der Waals surface area contributed by atoms with Crippen molar-refractivity contribution in [1.82, 2.24) is 24.8 Å². The molecule has 0 saturated carbocycles. The molecule has 11 heteroatoms. The summed E-state index contributed by atoms with van der Waals surface area (Å²) >= 11 is 1.58. The largest absolute Gasteiger partial charge is 0.465 e. The number of fused-ring (bicyclic) bond motifs is 2. The zero-order valence-electron chi connectivity index (χ0n) is 22.3. The quantitative estimate of drug-likeness (QED) is 0.256. The number of hydrogen-bond acceptors (Lipinski definition) is 8. The fraction of sp³-hybridized carbons (Fsp3) is 0.536. The molecule has 1 aromatic heterocycles. The third kappa shape index (κ3) is 4.26. The smallest absolute Gasteiger partial charge is 0.310 e. The lowest BCUT2D eigenvalue weighted by molar-refractivity contribution is -0.154. The first kappa shape index (κ1) is 27.4. The number of para-hydroxylation sites is 1. The number of carbonyl (C=O) groups is 3. The van der Waals surface area contributed by atoms with E-state index >= 15 is 0 Å². The maximum Gasteiger partial charge on any atom is 0.310 e. The van der Waals surface area contributed by atoms with Crippen molar-refractivity contribution in [2.45, 2.75) is 55.4 Å². The van der Waals surface area contributed by atoms with E-state index < -0.39 is 34.6 Å². The van der Waals surface area contributed by atoms with Crippen molar-refractivity contribution in [1.29, 1.82) is 0 Å². The molecule has 7 atom stereocenters. The SMILES string of the molecule is C=CCCOC(=O)[C@@H]1[C@@H]2CC(C)C3(S2)C(C(=O)N(CC=C)Cn2nnc4ccccc42)N([C@H](C)CO)C(=O)[C@H]13. The Hall–Kier alpha value is -3.18. The number of esters is 1. The van der Waals surface area contributed by atoms with Crippen molar-refractivity contribution < 1.29 is 24.2 Å². The number of aromatic nitrogens is 3. The van der Waals surface area contributed by atoms with E-state index in [2.05, 4.69) is 30.4 Å². The van der Waals surface area contributed by atoms with Crippen LogP contribution in [-0.4, -0.2) is 89.5 Å². The molecule has 0 aliphatic carbocycles. The minimum atomic E-state index is -0.858. The van der Waals surface area contributed by atoms with Crippen LogP contribution in [0.4, 0.5) is 0 Å². The number of rotatable bonds is 11. The number of thioether (sulfide) groups is 1. The third-order valence-corrected chi connectivity index (χ3v) is 10.5. The topological polar surface area (TPSA) is 118 Å². The molecule has 5 rings (SSSR count). The van der Waals surface area contributed by atoms with Crippen LogP contribution in [0, 0.1) is 17.8 Å². The van der Waals surface area contributed by atoms with Crippen LogP contribution in [0.3, 0.4) is 0 Å². The Morgan fingerprint density at radius 1 is 1.33 bits per heavy atom. The molecule has 3 aliphatic rings. The number of likely N-dealkylation sites (tertiary alicyclic amines) is 1. The van der Waals surface area contributed by atoms with Crippen molar-refractivity contribution in [2.75, 3.05) is 19.8 Å². The van der Waals surface area contributed by atoms with Gasteiger partial charge in [-0.25, -0.2) is 4.68 Å². The van der Waals surface area contributed by atoms with Gasteiger partial charge in [0.1, 0.15) is 18.2 Å². The first-order valence-electron chi connectivity index (χ1n) is 13.4. The van der Waals surface area contributed by atoms with Gasteiger partial charge in [-0.1, -0.05) is 36.4 Å². The fourth-order valence-corrected chi connectivity index (χ4v) is 9.03. The highest BCUT2D eigenvalue weighted by Crippen LogP contribution is 2.69. The van der Waals surface area contributed by atoms with E-state index in [4.69, 9.17) is 4.74 Å². The van der Waals surface area contributed by atoms with E-state index in [1.54, 1.807) is 40.4 Å². The number of ether oxygens (including phenoxy) is 1. The molecule has 3 aliphatic heterocycles. The molecule has 208 valence electrons. The minimum Gasteiger partial charge on any atom is -0.465 e. The van der Waals surface area contributed by atoms with E-state index in [9.17, 15) is 19.5 Å². The lowest BCUT2D eigenvalue weighted by atomic mass is 9.66. The summed E-state index contributed by atoms with van der Waals surface area (Å²) in [6.45, 7) is 11.6. The number of carbonyl (C=O) groups excluding carboxylic acids is 3. The number of hydrogen-bond donors (Lipinski definition) is 1. The predicted octanol–water partition coefficient (Wildman–Crippen LogP) is 2.24. The van der Waals surface area contributed by atoms with Gasteiger partial charge in [0.2, 0.25) is 11.8 Å². The highest BCUT2D eigenvalue weighted by atomic mass is 32.2. The van der Waals surface area contributed by atoms with Crippen LogP contribution in [0.2, 0.25) is 0 Å². The van der Waals surface area contributed by atoms with Crippen LogP contribution >= 0.6 is 11.8 Å². The first-order chi connectivity index (χ1) is 18.8. The molecule has 2 amide bonds. The Kier molecular flexibility index (Phi) is 7.56. The second-order valence-electron chi connectivity index (χ2n) is 10.6. The maximum atomic E-state index is 14.5. The van der Waals surface area contributed by atoms with E-state index in [0.29, 0.717) is 18.4 Å². The van der Waals surface area contributed by atoms with Gasteiger partial charge >= 0.3 is 5.97 Å². The summed E-state index contributed by atoms with van der Waals surface area (Å²) in [4.78, 5) is 45.1. The zero-order chi connectivity index (χ0) is 27.9. The summed E-state index contributed by atoms with van der Waals surface area (Å²) < 4.78 is 6.40. The summed E-state index contributed by atoms with van der Waals surface area (Å²) in [6, 6.07) is 6.04. The maximum absolute atomic E-state index is 14.5. The van der Waals surface area contributed by atoms with Gasteiger partial charge in [0.05, 0.1) is 41.4 Å². The number of nitrogens with zero attached hydrogens (tertiary/aromatic N) is 5. The van der Waals surface area contributed by atoms with Crippen molar-refractivity contribution in [2.24, 2.45) is 17.8 Å². The highest BCUT2D eigenvalue weighted by molar-refractivity contribution is 8.02. The average Bonchev–Trinajstić information content (AvgIpc) is 3.65. The van der Waals surface area contributed by atoms with Crippen LogP contribution in [0.5, 0.6) is 0 Å². The lowest BCUT2D eigenvalue weighted by Crippen LogP contribution is -2.59. The summed E-state index contributed by atoms with van der Waals surface area (Å²) in [5, 5.41) is 18.5. The highest BCUT2D eigenvalue weighted by Gasteiger charge is 2.77. The normalized spacial score (nSPS) is 29.9. The molecule has 10 nitrogen and oxygen atoms in total. The molecule has 4 heterocycles. The van der Waals surface area contributed by atoms with E-state index in [1.165, 1.54) is 4.90 Å². The number of amides is 2. The summed E-state index contributed by atoms with van der Waals surface area (Å²) in [5.41, 5.74) is 1.50. The number of aliphatic hydroxyl groups is 1. The van der Waals surface area contributed by atoms with Crippen LogP contribution in [0.15, 0.2) is 49.6 Å². The molecule has 1 aromatic carbocycles. The van der Waals surface area contributed by atoms with Crippen molar-refractivity contribution in [3.63, 3.8) is 0 Å². The van der Waals surface area contributed by atoms with Gasteiger partial charge in [0.15, 0.2) is 0 Å². The van der Waals surface area contributed by atoms with Gasteiger partial charge in [-0.15, -0.1) is 30.0 Å². The van der Waals surface area contributed by atoms with Gasteiger partial charge in [-0.3, -0.25) is 14.4 Å². The second kappa shape index (κ2) is 10.8. The molecule has 1 spiro atoms. The summed E-state index contributed by atoms with van der Waals surface area (Å²) in [6.07, 6.45) is 4.55. The van der Waals surface area contributed by atoms with Gasteiger partial charge in [-0.05, 0) is 37.8 Å². The van der Waals surface area contributed by atoms with Crippen LogP contribution in [-0.2, 0) is 25.8 Å². The van der Waals surface area contributed by atoms with Crippen molar-refractivity contribution in [3.05, 3.63) is 49.6 Å². The third-order valence-electron chi connectivity index (χ3n) is 8.38. The fourth-order valence-electron chi connectivity index (χ4n) is 6.64. The molecule has 2 bridgehead atoms. The van der Waals surface area contributed by atoms with E-state index in [-0.39, 0.29) is 49.4 Å². The lowest BCUT2D eigenvalue weighted by Gasteiger charge is -2.41. The minimum absolute atomic E-state index is 0.00120. The molecular weight excluding hydrogens is 518 g/mol. The van der Waals surface area contributed by atoms with E-state index in [1.807, 2.05) is 24.3 Å². The second-order valence-corrected chi connectivity index (χ2v) is 12.2. The Labute approximate surface area is 232 Å². The standard InChI is InChI=1S/C28H35N5O5S/c1-5-7-13-38-27(37)22-21-14-17(3)28(39-21)23(22)25(35)33(18(4)15-34)24(28)26(36)31(12-6-2)16-32-20-11-9-8-10-19(20)29-30-32/h5-6,8-11,17-18,21-24,34H,1-2,7,12-16H2,3-4H3/t17?,18-,21+,22-,23+,24?,28?/m1/s1. The van der Waals surface area contributed by atoms with Gasteiger partial charge in [-0.2, -0.15) is 0 Å². The van der Waals surface area contributed by atoms with Crippen molar-refractivity contribution >= 4 is 40.6 Å². The molecule has 3 unspecified atom stereocenters. The molecule has 1 N–H and O–H groups in total. The molecule has 2 aromatic rings. The van der Waals surface area contributed by atoms with Crippen LogP contribution in [0.25, 0.3) is 11.0 Å². The predicted molar refractivity (Wildman–Crippen MR) is 147 cm³/mol. The Morgan fingerprint density at radius 2 is 2.10 bits per heavy atom. The van der Waals surface area contributed by atoms with Gasteiger partial charge in [0, 0.05) is 11.8 Å². The zero-order valence-corrected chi connectivity index (χ0v) is 23.1. The van der Waals surface area contributed by atoms with Gasteiger partial charge < -0.3 is 19.6 Å². The summed E-state index contributed by atoms with van der Waals surface area (Å²) in [7, 11) is 0. The Morgan fingerprint density at radius 3 is 2.82 bits per heavy atom. The molecule has 0 radical (unpaired) electrons. The van der Waals surface area contributed by atoms with Crippen LogP contribution < -0.4 is 0 Å². The first-order valence-corrected chi connectivity index (χ1v) is 14.2. The molecule has 39 heavy (non-hydrogen) atoms. The molecular formula is C28H35N5O5S. The average molecular weight is 554 g/mol. The van der Waals surface area contributed by atoms with E-state index in [0.717, 1.165) is 5.52 Å². The van der Waals surface area contributed by atoms with Crippen molar-refractivity contribution in [3.8, 4) is 0 Å². The van der Waals surface area contributed by atoms with Gasteiger partial charge in [0.25, 0.3) is 0 Å². The Balaban J connectivity index is 1.53. The monoisotopic (exact) mass is 553 g/mol. The molecule has 3 fully saturated rings. The molecule has 3 saturated heterocycles.